The summed E-state index contributed by atoms with van der Waals surface area (Å²) in [6.45, 7) is 5.81. The van der Waals surface area contributed by atoms with Crippen molar-refractivity contribution in [3.05, 3.63) is 64.1 Å². The third-order valence-electron chi connectivity index (χ3n) is 4.40. The number of carbonyl (C=O) groups is 3. The maximum absolute atomic E-state index is 12.5. The summed E-state index contributed by atoms with van der Waals surface area (Å²) in [6.07, 6.45) is 0.134. The lowest BCUT2D eigenvalue weighted by Crippen LogP contribution is -2.50. The number of carbonyl (C=O) groups excluding carboxylic acids is 3. The average Bonchev–Trinajstić information content (AvgIpc) is 2.69. The van der Waals surface area contributed by atoms with Crippen LogP contribution in [0.15, 0.2) is 53.0 Å². The molecule has 2 aromatic rings. The highest BCUT2D eigenvalue weighted by molar-refractivity contribution is 9.10. The molecule has 6 nitrogen and oxygen atoms in total. The van der Waals surface area contributed by atoms with Crippen LogP contribution in [-0.4, -0.2) is 30.3 Å². The highest BCUT2D eigenvalue weighted by Gasteiger charge is 2.24. The maximum atomic E-state index is 12.5. The van der Waals surface area contributed by atoms with Crippen molar-refractivity contribution < 1.29 is 14.4 Å². The zero-order valence-electron chi connectivity index (χ0n) is 16.8. The van der Waals surface area contributed by atoms with Gasteiger partial charge in [-0.05, 0) is 42.7 Å². The molecular formula is C22H26BrN3O3. The van der Waals surface area contributed by atoms with E-state index in [1.165, 1.54) is 0 Å². The van der Waals surface area contributed by atoms with E-state index in [2.05, 4.69) is 31.9 Å². The molecule has 0 aliphatic rings. The van der Waals surface area contributed by atoms with Gasteiger partial charge in [0.25, 0.3) is 5.91 Å². The first kappa shape index (κ1) is 22.6. The van der Waals surface area contributed by atoms with Gasteiger partial charge in [0.1, 0.15) is 6.04 Å². The van der Waals surface area contributed by atoms with Crippen LogP contribution in [0.2, 0.25) is 0 Å². The Morgan fingerprint density at radius 2 is 1.72 bits per heavy atom. The number of hydrogen-bond acceptors (Lipinski definition) is 3. The molecule has 0 bridgehead atoms. The molecular weight excluding hydrogens is 434 g/mol. The molecule has 0 fully saturated rings. The monoisotopic (exact) mass is 459 g/mol. The molecule has 3 N–H and O–H groups in total. The highest BCUT2D eigenvalue weighted by atomic mass is 79.9. The minimum Gasteiger partial charge on any atom is -0.354 e. The molecule has 0 aliphatic heterocycles. The van der Waals surface area contributed by atoms with Crippen molar-refractivity contribution in [1.82, 2.24) is 10.6 Å². The second kappa shape index (κ2) is 10.8. The van der Waals surface area contributed by atoms with Crippen molar-refractivity contribution in [2.45, 2.75) is 33.2 Å². The molecule has 154 valence electrons. The van der Waals surface area contributed by atoms with Crippen LogP contribution < -0.4 is 16.0 Å². The van der Waals surface area contributed by atoms with Gasteiger partial charge in [-0.2, -0.15) is 0 Å². The number of amides is 3. The van der Waals surface area contributed by atoms with Gasteiger partial charge >= 0.3 is 0 Å². The van der Waals surface area contributed by atoms with E-state index < -0.39 is 6.04 Å². The quantitative estimate of drug-likeness (QED) is 0.562. The molecule has 0 spiro atoms. The molecule has 7 heteroatoms. The van der Waals surface area contributed by atoms with Crippen molar-refractivity contribution in [1.29, 1.82) is 0 Å². The van der Waals surface area contributed by atoms with Crippen molar-refractivity contribution in [2.75, 3.05) is 11.9 Å². The van der Waals surface area contributed by atoms with Crippen molar-refractivity contribution in [2.24, 2.45) is 5.92 Å². The normalized spacial score (nSPS) is 11.6. The zero-order valence-corrected chi connectivity index (χ0v) is 18.4. The van der Waals surface area contributed by atoms with Gasteiger partial charge in [0.05, 0.1) is 0 Å². The fourth-order valence-corrected chi connectivity index (χ4v) is 3.06. The predicted octanol–water partition coefficient (Wildman–Crippen LogP) is 3.66. The lowest BCUT2D eigenvalue weighted by molar-refractivity contribution is -0.124. The Kier molecular flexibility index (Phi) is 8.39. The largest absolute Gasteiger partial charge is 0.354 e. The van der Waals surface area contributed by atoms with E-state index in [0.29, 0.717) is 5.56 Å². The first-order chi connectivity index (χ1) is 13.8. The Morgan fingerprint density at radius 3 is 2.38 bits per heavy atom. The Labute approximate surface area is 179 Å². The first-order valence-electron chi connectivity index (χ1n) is 9.47. The third kappa shape index (κ3) is 7.02. The van der Waals surface area contributed by atoms with Crippen LogP contribution in [0.3, 0.4) is 0 Å². The Morgan fingerprint density at radius 1 is 1.03 bits per heavy atom. The first-order valence-corrected chi connectivity index (χ1v) is 10.3. The summed E-state index contributed by atoms with van der Waals surface area (Å²) in [5.74, 6) is -0.903. The number of rotatable bonds is 8. The molecule has 0 radical (unpaired) electrons. The molecule has 0 aliphatic carbocycles. The minimum atomic E-state index is -0.682. The summed E-state index contributed by atoms with van der Waals surface area (Å²) >= 11 is 3.38. The Hall–Kier alpha value is -2.67. The predicted molar refractivity (Wildman–Crippen MR) is 118 cm³/mol. The van der Waals surface area contributed by atoms with Gasteiger partial charge in [0, 0.05) is 28.7 Å². The van der Waals surface area contributed by atoms with Gasteiger partial charge < -0.3 is 16.0 Å². The summed E-state index contributed by atoms with van der Waals surface area (Å²) in [6, 6.07) is 13.7. The van der Waals surface area contributed by atoms with E-state index in [4.69, 9.17) is 0 Å². The second-order valence-electron chi connectivity index (χ2n) is 7.11. The lowest BCUT2D eigenvalue weighted by Gasteiger charge is -2.21. The van der Waals surface area contributed by atoms with E-state index in [1.807, 2.05) is 45.0 Å². The summed E-state index contributed by atoms with van der Waals surface area (Å²) in [4.78, 5) is 37.1. The third-order valence-corrected chi connectivity index (χ3v) is 4.89. The molecule has 2 rings (SSSR count). The van der Waals surface area contributed by atoms with E-state index in [-0.39, 0.29) is 36.6 Å². The number of nitrogens with one attached hydrogen (secondary N) is 3. The van der Waals surface area contributed by atoms with Crippen LogP contribution in [0, 0.1) is 12.8 Å². The lowest BCUT2D eigenvalue weighted by atomic mass is 10.0. The Bertz CT molecular complexity index is 869. The van der Waals surface area contributed by atoms with Gasteiger partial charge in [0.15, 0.2) is 0 Å². The number of anilines is 1. The van der Waals surface area contributed by atoms with Crippen LogP contribution in [0.1, 0.15) is 36.2 Å². The van der Waals surface area contributed by atoms with Crippen LogP contribution >= 0.6 is 15.9 Å². The molecule has 2 aromatic carbocycles. The number of hydrogen-bond donors (Lipinski definition) is 3. The van der Waals surface area contributed by atoms with E-state index >= 15 is 0 Å². The number of benzene rings is 2. The number of aryl methyl sites for hydroxylation is 1. The molecule has 3 amide bonds. The van der Waals surface area contributed by atoms with Crippen molar-refractivity contribution >= 4 is 39.3 Å². The fourth-order valence-electron chi connectivity index (χ4n) is 2.70. The molecule has 0 saturated carbocycles. The minimum absolute atomic E-state index is 0.0965. The second-order valence-corrected chi connectivity index (χ2v) is 8.03. The van der Waals surface area contributed by atoms with E-state index in [1.54, 1.807) is 24.3 Å². The van der Waals surface area contributed by atoms with Crippen LogP contribution in [0.5, 0.6) is 0 Å². The Balaban J connectivity index is 1.86. The molecule has 1 unspecified atom stereocenters. The summed E-state index contributed by atoms with van der Waals surface area (Å²) < 4.78 is 0.876. The maximum Gasteiger partial charge on any atom is 0.251 e. The smallest absolute Gasteiger partial charge is 0.251 e. The van der Waals surface area contributed by atoms with Gasteiger partial charge in [0.2, 0.25) is 11.8 Å². The van der Waals surface area contributed by atoms with E-state index in [9.17, 15) is 14.4 Å². The van der Waals surface area contributed by atoms with Gasteiger partial charge in [-0.15, -0.1) is 0 Å². The molecule has 1 atom stereocenters. The van der Waals surface area contributed by atoms with E-state index in [0.717, 1.165) is 15.7 Å². The van der Waals surface area contributed by atoms with Crippen LogP contribution in [-0.2, 0) is 9.59 Å². The fraction of sp³-hybridized carbons (Fsp3) is 0.318. The topological polar surface area (TPSA) is 87.3 Å². The van der Waals surface area contributed by atoms with Crippen LogP contribution in [0.4, 0.5) is 5.69 Å². The van der Waals surface area contributed by atoms with Gasteiger partial charge in [-0.1, -0.05) is 54.0 Å². The molecule has 0 saturated heterocycles. The van der Waals surface area contributed by atoms with Gasteiger partial charge in [-0.25, -0.2) is 0 Å². The average molecular weight is 460 g/mol. The highest BCUT2D eigenvalue weighted by Crippen LogP contribution is 2.20. The molecule has 0 heterocycles. The molecule has 29 heavy (non-hydrogen) atoms. The number of halogens is 1. The standard InChI is InChI=1S/C22H26BrN3O3/c1-14(2)20(26-21(28)16-7-5-4-6-8-16)22(29)24-12-11-19(27)25-18-13-17(23)10-9-15(18)3/h4-10,13-14,20H,11-12H2,1-3H3,(H,24,29)(H,25,27)(H,26,28). The SMILES string of the molecule is Cc1ccc(Br)cc1NC(=O)CCNC(=O)C(NC(=O)c1ccccc1)C(C)C. The van der Waals surface area contributed by atoms with Crippen molar-refractivity contribution in [3.8, 4) is 0 Å². The van der Waals surface area contributed by atoms with Crippen molar-refractivity contribution in [3.63, 3.8) is 0 Å². The summed E-state index contributed by atoms with van der Waals surface area (Å²) in [5, 5.41) is 8.35. The summed E-state index contributed by atoms with van der Waals surface area (Å²) in [7, 11) is 0. The van der Waals surface area contributed by atoms with Gasteiger partial charge in [-0.3, -0.25) is 14.4 Å². The van der Waals surface area contributed by atoms with Crippen LogP contribution in [0.25, 0.3) is 0 Å². The zero-order chi connectivity index (χ0) is 21.4. The molecule has 0 aromatic heterocycles. The summed E-state index contributed by atoms with van der Waals surface area (Å²) in [5.41, 5.74) is 2.18.